The van der Waals surface area contributed by atoms with Crippen molar-refractivity contribution in [3.05, 3.63) is 17.0 Å². The van der Waals surface area contributed by atoms with E-state index in [1.54, 1.807) is 0 Å². The number of hydrogen-bond donors (Lipinski definition) is 2. The number of anilines is 1. The van der Waals surface area contributed by atoms with E-state index < -0.39 is 0 Å². The van der Waals surface area contributed by atoms with Crippen molar-refractivity contribution in [3.63, 3.8) is 0 Å². The fourth-order valence-electron chi connectivity index (χ4n) is 1.43. The molecular weight excluding hydrogens is 240 g/mol. The van der Waals surface area contributed by atoms with Gasteiger partial charge in [0.25, 0.3) is 0 Å². The number of carbonyl (C=O) groups is 1. The maximum absolute atomic E-state index is 10.7. The summed E-state index contributed by atoms with van der Waals surface area (Å²) >= 11 is 6.01. The molecule has 1 aromatic rings. The molecule has 6 heteroatoms. The zero-order chi connectivity index (χ0) is 12.7. The SMILES string of the molecule is CCCc1c(Cl)ncnc1NCCNC(C)=O. The Morgan fingerprint density at radius 1 is 1.41 bits per heavy atom. The summed E-state index contributed by atoms with van der Waals surface area (Å²) in [5, 5.41) is 6.34. The topological polar surface area (TPSA) is 66.9 Å². The molecule has 94 valence electrons. The van der Waals surface area contributed by atoms with Crippen LogP contribution in [0, 0.1) is 0 Å². The third-order valence-corrected chi connectivity index (χ3v) is 2.51. The number of halogens is 1. The van der Waals surface area contributed by atoms with Gasteiger partial charge < -0.3 is 10.6 Å². The number of aromatic nitrogens is 2. The molecule has 0 aliphatic rings. The number of hydrogen-bond acceptors (Lipinski definition) is 4. The van der Waals surface area contributed by atoms with Crippen LogP contribution in [0.4, 0.5) is 5.82 Å². The lowest BCUT2D eigenvalue weighted by atomic mass is 10.2. The highest BCUT2D eigenvalue weighted by Crippen LogP contribution is 2.20. The van der Waals surface area contributed by atoms with Gasteiger partial charge in [0.1, 0.15) is 17.3 Å². The normalized spacial score (nSPS) is 10.1. The number of amides is 1. The summed E-state index contributed by atoms with van der Waals surface area (Å²) in [6.45, 7) is 4.74. The zero-order valence-corrected chi connectivity index (χ0v) is 10.8. The summed E-state index contributed by atoms with van der Waals surface area (Å²) in [7, 11) is 0. The van der Waals surface area contributed by atoms with Crippen LogP contribution in [0.25, 0.3) is 0 Å². The molecule has 1 amide bonds. The molecule has 17 heavy (non-hydrogen) atoms. The van der Waals surface area contributed by atoms with Gasteiger partial charge in [-0.1, -0.05) is 24.9 Å². The summed E-state index contributed by atoms with van der Waals surface area (Å²) in [5.74, 6) is 0.707. The molecule has 1 rings (SSSR count). The van der Waals surface area contributed by atoms with Gasteiger partial charge in [-0.3, -0.25) is 4.79 Å². The van der Waals surface area contributed by atoms with Crippen molar-refractivity contribution in [2.75, 3.05) is 18.4 Å². The minimum Gasteiger partial charge on any atom is -0.368 e. The van der Waals surface area contributed by atoms with E-state index in [9.17, 15) is 4.79 Å². The van der Waals surface area contributed by atoms with Crippen molar-refractivity contribution in [1.29, 1.82) is 0 Å². The Kier molecular flexibility index (Phi) is 5.69. The van der Waals surface area contributed by atoms with Gasteiger partial charge in [0, 0.05) is 25.6 Å². The van der Waals surface area contributed by atoms with E-state index in [1.165, 1.54) is 13.3 Å². The molecule has 1 heterocycles. The fraction of sp³-hybridized carbons (Fsp3) is 0.545. The molecule has 2 N–H and O–H groups in total. The van der Waals surface area contributed by atoms with E-state index in [1.807, 2.05) is 0 Å². The van der Waals surface area contributed by atoms with Crippen LogP contribution in [0.3, 0.4) is 0 Å². The van der Waals surface area contributed by atoms with Gasteiger partial charge in [0.2, 0.25) is 5.91 Å². The first-order valence-electron chi connectivity index (χ1n) is 5.62. The van der Waals surface area contributed by atoms with E-state index in [4.69, 9.17) is 11.6 Å². The lowest BCUT2D eigenvalue weighted by Gasteiger charge is -2.11. The molecule has 0 radical (unpaired) electrons. The van der Waals surface area contributed by atoms with Crippen LogP contribution in [-0.2, 0) is 11.2 Å². The molecule has 5 nitrogen and oxygen atoms in total. The Balaban J connectivity index is 2.57. The van der Waals surface area contributed by atoms with Crippen molar-refractivity contribution in [3.8, 4) is 0 Å². The van der Waals surface area contributed by atoms with Crippen LogP contribution in [0.15, 0.2) is 6.33 Å². The Morgan fingerprint density at radius 2 is 2.18 bits per heavy atom. The standard InChI is InChI=1S/C11H17ClN4O/c1-3-4-9-10(12)15-7-16-11(9)14-6-5-13-8(2)17/h7H,3-6H2,1-2H3,(H,13,17)(H,14,15,16). The Hall–Kier alpha value is -1.36. The molecule has 0 spiro atoms. The third kappa shape index (κ3) is 4.56. The highest BCUT2D eigenvalue weighted by molar-refractivity contribution is 6.30. The van der Waals surface area contributed by atoms with Crippen LogP contribution in [0.1, 0.15) is 25.8 Å². The maximum Gasteiger partial charge on any atom is 0.216 e. The highest BCUT2D eigenvalue weighted by Gasteiger charge is 2.08. The lowest BCUT2D eigenvalue weighted by Crippen LogP contribution is -2.26. The molecule has 0 saturated heterocycles. The Bertz CT molecular complexity index is 384. The van der Waals surface area contributed by atoms with Gasteiger partial charge in [0.05, 0.1) is 0 Å². The van der Waals surface area contributed by atoms with Gasteiger partial charge in [-0.2, -0.15) is 0 Å². The molecule has 1 aromatic heterocycles. The molecule has 0 aliphatic carbocycles. The largest absolute Gasteiger partial charge is 0.368 e. The third-order valence-electron chi connectivity index (χ3n) is 2.18. The molecule has 0 atom stereocenters. The molecule has 0 aliphatic heterocycles. The molecule has 0 bridgehead atoms. The lowest BCUT2D eigenvalue weighted by molar-refractivity contribution is -0.118. The minimum absolute atomic E-state index is 0.0405. The molecular formula is C11H17ClN4O. The van der Waals surface area contributed by atoms with Gasteiger partial charge >= 0.3 is 0 Å². The second-order valence-corrected chi connectivity index (χ2v) is 4.01. The Labute approximate surface area is 106 Å². The summed E-state index contributed by atoms with van der Waals surface area (Å²) in [6.07, 6.45) is 3.25. The average molecular weight is 257 g/mol. The summed E-state index contributed by atoms with van der Waals surface area (Å²) in [4.78, 5) is 18.8. The monoisotopic (exact) mass is 256 g/mol. The Morgan fingerprint density at radius 3 is 2.82 bits per heavy atom. The van der Waals surface area contributed by atoms with Crippen LogP contribution in [0.5, 0.6) is 0 Å². The van der Waals surface area contributed by atoms with Crippen molar-refractivity contribution in [2.24, 2.45) is 0 Å². The van der Waals surface area contributed by atoms with Gasteiger partial charge in [0.15, 0.2) is 0 Å². The minimum atomic E-state index is -0.0405. The highest BCUT2D eigenvalue weighted by atomic mass is 35.5. The number of rotatable bonds is 6. The average Bonchev–Trinajstić information content (AvgIpc) is 2.28. The van der Waals surface area contributed by atoms with Crippen molar-refractivity contribution in [2.45, 2.75) is 26.7 Å². The maximum atomic E-state index is 10.7. The number of nitrogens with one attached hydrogen (secondary N) is 2. The predicted molar refractivity (Wildman–Crippen MR) is 68.2 cm³/mol. The summed E-state index contributed by atoms with van der Waals surface area (Å²) in [5.41, 5.74) is 0.930. The van der Waals surface area contributed by atoms with Crippen molar-refractivity contribution in [1.82, 2.24) is 15.3 Å². The molecule has 0 saturated carbocycles. The summed E-state index contributed by atoms with van der Waals surface area (Å²) in [6, 6.07) is 0. The van der Waals surface area contributed by atoms with Crippen molar-refractivity contribution < 1.29 is 4.79 Å². The second kappa shape index (κ2) is 7.06. The van der Waals surface area contributed by atoms with Crippen LogP contribution in [0.2, 0.25) is 5.15 Å². The predicted octanol–water partition coefficient (Wildman–Crippen LogP) is 1.63. The zero-order valence-electron chi connectivity index (χ0n) is 10.1. The first kappa shape index (κ1) is 13.7. The van der Waals surface area contributed by atoms with E-state index in [0.29, 0.717) is 18.2 Å². The first-order valence-corrected chi connectivity index (χ1v) is 6.00. The van der Waals surface area contributed by atoms with E-state index in [0.717, 1.165) is 24.2 Å². The first-order chi connectivity index (χ1) is 8.15. The van der Waals surface area contributed by atoms with Gasteiger partial charge in [-0.25, -0.2) is 9.97 Å². The second-order valence-electron chi connectivity index (χ2n) is 3.65. The van der Waals surface area contributed by atoms with E-state index in [-0.39, 0.29) is 5.91 Å². The van der Waals surface area contributed by atoms with Crippen LogP contribution < -0.4 is 10.6 Å². The van der Waals surface area contributed by atoms with Crippen LogP contribution >= 0.6 is 11.6 Å². The quantitative estimate of drug-likeness (QED) is 0.600. The van der Waals surface area contributed by atoms with Crippen molar-refractivity contribution >= 4 is 23.3 Å². The van der Waals surface area contributed by atoms with E-state index >= 15 is 0 Å². The van der Waals surface area contributed by atoms with Gasteiger partial charge in [-0.05, 0) is 6.42 Å². The fourth-order valence-corrected chi connectivity index (χ4v) is 1.66. The smallest absolute Gasteiger partial charge is 0.216 e. The molecule has 0 unspecified atom stereocenters. The summed E-state index contributed by atoms with van der Waals surface area (Å²) < 4.78 is 0. The van der Waals surface area contributed by atoms with Gasteiger partial charge in [-0.15, -0.1) is 0 Å². The number of nitrogens with zero attached hydrogens (tertiary/aromatic N) is 2. The van der Waals surface area contributed by atoms with E-state index in [2.05, 4.69) is 27.5 Å². The van der Waals surface area contributed by atoms with Crippen LogP contribution in [-0.4, -0.2) is 29.0 Å². The molecule has 0 fully saturated rings. The number of carbonyl (C=O) groups excluding carboxylic acids is 1. The molecule has 0 aromatic carbocycles.